The largest absolute Gasteiger partial charge is 0.102 e. The van der Waals surface area contributed by atoms with Gasteiger partial charge in [0.1, 0.15) is 0 Å². The van der Waals surface area contributed by atoms with Crippen LogP contribution in [0.4, 0.5) is 0 Å². The molecule has 0 amide bonds. The molecule has 5 rings (SSSR count). The smallest absolute Gasteiger partial charge is 0.0162 e. The summed E-state index contributed by atoms with van der Waals surface area (Å²) in [5.74, 6) is 3.20. The minimum absolute atomic E-state index is 0.202. The molecule has 4 fully saturated rings. The van der Waals surface area contributed by atoms with Gasteiger partial charge in [0.25, 0.3) is 0 Å². The molecule has 3 heterocycles. The van der Waals surface area contributed by atoms with Crippen molar-refractivity contribution in [1.29, 1.82) is 0 Å². The number of allylic oxidation sites excluding steroid dienone is 4. The van der Waals surface area contributed by atoms with E-state index in [1.165, 1.54) is 0 Å². The van der Waals surface area contributed by atoms with Crippen molar-refractivity contribution in [2.75, 3.05) is 12.3 Å². The average molecular weight is 405 g/mol. The van der Waals surface area contributed by atoms with Crippen LogP contribution < -0.4 is 0 Å². The molecule has 0 nitrogen and oxygen atoms in total. The van der Waals surface area contributed by atoms with Gasteiger partial charge in [-0.05, 0) is 65.3 Å². The third-order valence-electron chi connectivity index (χ3n) is 8.25. The lowest BCUT2D eigenvalue weighted by Gasteiger charge is -2.66. The summed E-state index contributed by atoms with van der Waals surface area (Å²) < 4.78 is 0. The van der Waals surface area contributed by atoms with Crippen LogP contribution in [-0.4, -0.2) is 33.5 Å². The van der Waals surface area contributed by atoms with Crippen molar-refractivity contribution in [3.63, 3.8) is 0 Å². The molecule has 152 valence electrons. The van der Waals surface area contributed by atoms with Gasteiger partial charge < -0.3 is 0 Å². The zero-order valence-corrected chi connectivity index (χ0v) is 20.8. The van der Waals surface area contributed by atoms with Gasteiger partial charge in [0.05, 0.1) is 0 Å². The van der Waals surface area contributed by atoms with Gasteiger partial charge in [0, 0.05) is 10.6 Å². The molecule has 5 atom stereocenters. The van der Waals surface area contributed by atoms with Gasteiger partial charge in [-0.15, -0.1) is 7.92 Å². The predicted octanol–water partition coefficient (Wildman–Crippen LogP) is 7.87. The molecule has 0 radical (unpaired) electrons. The Morgan fingerprint density at radius 3 is 1.81 bits per heavy atom. The van der Waals surface area contributed by atoms with E-state index in [2.05, 4.69) is 79.7 Å². The molecule has 1 saturated carbocycles. The summed E-state index contributed by atoms with van der Waals surface area (Å²) in [7, 11) is 0.0215. The molecule has 27 heavy (non-hydrogen) atoms. The minimum Gasteiger partial charge on any atom is -0.102 e. The number of hydrogen-bond donors (Lipinski definition) is 0. The van der Waals surface area contributed by atoms with Gasteiger partial charge in [-0.25, -0.2) is 0 Å². The van der Waals surface area contributed by atoms with Crippen molar-refractivity contribution >= 4 is 15.8 Å². The van der Waals surface area contributed by atoms with Gasteiger partial charge in [0.15, 0.2) is 0 Å². The van der Waals surface area contributed by atoms with Crippen molar-refractivity contribution < 1.29 is 0 Å². The summed E-state index contributed by atoms with van der Waals surface area (Å²) in [6, 6.07) is 0. The first-order valence-corrected chi connectivity index (χ1v) is 14.4. The molecule has 0 aromatic heterocycles. The van der Waals surface area contributed by atoms with E-state index in [0.717, 1.165) is 23.4 Å². The molecular formula is C25H42P2. The second-order valence-corrected chi connectivity index (χ2v) is 19.2. The van der Waals surface area contributed by atoms with E-state index < -0.39 is 0 Å². The van der Waals surface area contributed by atoms with Gasteiger partial charge in [-0.1, -0.05) is 87.6 Å². The summed E-state index contributed by atoms with van der Waals surface area (Å²) in [6.45, 7) is 20.5. The quantitative estimate of drug-likeness (QED) is 0.411. The fourth-order valence-electron chi connectivity index (χ4n) is 8.26. The highest BCUT2D eigenvalue weighted by molar-refractivity contribution is 7.63. The molecule has 0 spiro atoms. The van der Waals surface area contributed by atoms with Gasteiger partial charge in [0.2, 0.25) is 0 Å². The minimum atomic E-state index is -0.202. The van der Waals surface area contributed by atoms with Crippen LogP contribution in [0.15, 0.2) is 24.3 Å². The SMILES string of the molecule is CC(C)(C)P(C(C)(C)C)C1(C)C=CC=CC1(C)C1C2CC3CC(C2)CP1C3. The Morgan fingerprint density at radius 1 is 0.815 bits per heavy atom. The highest BCUT2D eigenvalue weighted by atomic mass is 31.1. The average Bonchev–Trinajstić information content (AvgIpc) is 2.46. The maximum Gasteiger partial charge on any atom is 0.0162 e. The molecule has 0 aromatic rings. The first kappa shape index (κ1) is 20.6. The third kappa shape index (κ3) is 3.15. The monoisotopic (exact) mass is 404 g/mol. The molecule has 4 bridgehead atoms. The highest BCUT2D eigenvalue weighted by Gasteiger charge is 2.62. The Morgan fingerprint density at radius 2 is 1.33 bits per heavy atom. The Labute approximate surface area is 171 Å². The fraction of sp³-hybridized carbons (Fsp3) is 0.840. The maximum absolute atomic E-state index is 2.69. The zero-order valence-electron chi connectivity index (χ0n) is 19.0. The third-order valence-corrected chi connectivity index (χ3v) is 16.2. The lowest BCUT2D eigenvalue weighted by molar-refractivity contribution is 0.136. The van der Waals surface area contributed by atoms with Crippen molar-refractivity contribution in [1.82, 2.24) is 0 Å². The van der Waals surface area contributed by atoms with Crippen LogP contribution in [0.2, 0.25) is 0 Å². The number of hydrogen-bond acceptors (Lipinski definition) is 0. The van der Waals surface area contributed by atoms with Crippen LogP contribution in [0.5, 0.6) is 0 Å². The number of rotatable bonds is 2. The van der Waals surface area contributed by atoms with E-state index in [9.17, 15) is 0 Å². The van der Waals surface area contributed by atoms with Gasteiger partial charge in [-0.3, -0.25) is 0 Å². The summed E-state index contributed by atoms with van der Waals surface area (Å²) in [4.78, 5) is 0. The second-order valence-electron chi connectivity index (χ2n) is 12.4. The fourth-order valence-corrected chi connectivity index (χ4v) is 18.6. The Hall–Kier alpha value is 0.340. The Balaban J connectivity index is 1.80. The van der Waals surface area contributed by atoms with Crippen LogP contribution in [-0.2, 0) is 0 Å². The van der Waals surface area contributed by atoms with Crippen molar-refractivity contribution in [3.8, 4) is 0 Å². The van der Waals surface area contributed by atoms with E-state index in [1.807, 2.05) is 0 Å². The molecule has 2 aliphatic carbocycles. The zero-order chi connectivity index (χ0) is 19.8. The molecule has 5 aliphatic rings. The van der Waals surface area contributed by atoms with Gasteiger partial charge in [-0.2, -0.15) is 0 Å². The lowest BCUT2D eigenvalue weighted by atomic mass is 9.63. The lowest BCUT2D eigenvalue weighted by Crippen LogP contribution is -2.58. The maximum atomic E-state index is 2.69. The van der Waals surface area contributed by atoms with Crippen LogP contribution in [0.25, 0.3) is 0 Å². The summed E-state index contributed by atoms with van der Waals surface area (Å²) in [5.41, 5.74) is 1.29. The predicted molar refractivity (Wildman–Crippen MR) is 126 cm³/mol. The van der Waals surface area contributed by atoms with Crippen LogP contribution in [0, 0.1) is 23.2 Å². The van der Waals surface area contributed by atoms with Crippen LogP contribution in [0.1, 0.15) is 74.7 Å². The van der Waals surface area contributed by atoms with Gasteiger partial charge >= 0.3 is 0 Å². The van der Waals surface area contributed by atoms with Crippen LogP contribution >= 0.6 is 15.8 Å². The van der Waals surface area contributed by atoms with E-state index in [1.54, 1.807) is 31.6 Å². The molecule has 0 N–H and O–H groups in total. The topological polar surface area (TPSA) is 0 Å². The molecule has 3 aliphatic heterocycles. The van der Waals surface area contributed by atoms with Crippen molar-refractivity contribution in [2.24, 2.45) is 23.2 Å². The molecular weight excluding hydrogens is 362 g/mol. The van der Waals surface area contributed by atoms with E-state index in [4.69, 9.17) is 0 Å². The second kappa shape index (κ2) is 6.42. The first-order valence-electron chi connectivity index (χ1n) is 11.3. The standard InChI is InChI=1S/C25H42P2/c1-22(2,3)27(23(4,5)6)25(8)12-10-9-11-24(25,7)21-20-14-18-13-19(15-20)17-26(21)16-18/h9-12,18-21H,13-17H2,1-8H3. The summed E-state index contributed by atoms with van der Waals surface area (Å²) in [5, 5.41) is 1.01. The summed E-state index contributed by atoms with van der Waals surface area (Å²) in [6.07, 6.45) is 18.0. The highest BCUT2D eigenvalue weighted by Crippen LogP contribution is 2.78. The molecule has 3 saturated heterocycles. The van der Waals surface area contributed by atoms with E-state index in [-0.39, 0.29) is 21.0 Å². The van der Waals surface area contributed by atoms with E-state index >= 15 is 0 Å². The summed E-state index contributed by atoms with van der Waals surface area (Å²) >= 11 is 0. The first-order chi connectivity index (χ1) is 12.4. The molecule has 2 heteroatoms. The van der Waals surface area contributed by atoms with E-state index in [0.29, 0.717) is 15.7 Å². The molecule has 0 aromatic carbocycles. The van der Waals surface area contributed by atoms with Crippen molar-refractivity contribution in [3.05, 3.63) is 24.3 Å². The molecule has 5 unspecified atom stereocenters. The Bertz CT molecular complexity index is 604. The Kier molecular flexibility index (Phi) is 4.90. The van der Waals surface area contributed by atoms with Crippen molar-refractivity contribution in [2.45, 2.75) is 95.8 Å². The normalized spacial score (nSPS) is 46.5. The van der Waals surface area contributed by atoms with Crippen LogP contribution in [0.3, 0.4) is 0 Å².